The van der Waals surface area contributed by atoms with E-state index in [0.29, 0.717) is 10.8 Å². The minimum absolute atomic E-state index is 0.248. The largest absolute Gasteiger partial charge is 0.496 e. The first kappa shape index (κ1) is 13.6. The number of allylic oxidation sites excluding steroid dienone is 1. The normalized spacial score (nSPS) is 11.5. The molecule has 0 aromatic heterocycles. The number of hydrogen-bond acceptors (Lipinski definition) is 1. The van der Waals surface area contributed by atoms with Crippen molar-refractivity contribution in [3.05, 3.63) is 70.5 Å². The third kappa shape index (κ3) is 2.96. The number of halogens is 2. The zero-order valence-electron chi connectivity index (χ0n) is 10.8. The average molecular weight is 277 g/mol. The molecule has 3 heteroatoms. The smallest absolute Gasteiger partial charge is 0.128 e. The first-order valence-electron chi connectivity index (χ1n) is 5.92. The zero-order valence-corrected chi connectivity index (χ0v) is 11.5. The molecule has 2 rings (SSSR count). The van der Waals surface area contributed by atoms with Crippen LogP contribution >= 0.6 is 11.6 Å². The fourth-order valence-electron chi connectivity index (χ4n) is 1.99. The topological polar surface area (TPSA) is 9.23 Å². The highest BCUT2D eigenvalue weighted by atomic mass is 35.5. The molecule has 0 N–H and O–H groups in total. The number of hydrogen-bond donors (Lipinski definition) is 0. The van der Waals surface area contributed by atoms with Crippen LogP contribution in [0.5, 0.6) is 5.75 Å². The lowest BCUT2D eigenvalue weighted by Crippen LogP contribution is -1.93. The molecule has 0 saturated heterocycles. The summed E-state index contributed by atoms with van der Waals surface area (Å²) in [6, 6.07) is 11.9. The average Bonchev–Trinajstić information content (AvgIpc) is 2.43. The van der Waals surface area contributed by atoms with Crippen molar-refractivity contribution >= 4 is 17.2 Å². The van der Waals surface area contributed by atoms with Gasteiger partial charge in [0.05, 0.1) is 7.11 Å². The highest BCUT2D eigenvalue weighted by Gasteiger charge is 2.10. The van der Waals surface area contributed by atoms with Gasteiger partial charge in [-0.05, 0) is 48.4 Å². The van der Waals surface area contributed by atoms with E-state index in [0.717, 1.165) is 16.7 Å². The van der Waals surface area contributed by atoms with Crippen molar-refractivity contribution in [2.24, 2.45) is 0 Å². The summed E-state index contributed by atoms with van der Waals surface area (Å²) < 4.78 is 18.3. The molecular weight excluding hydrogens is 263 g/mol. The van der Waals surface area contributed by atoms with E-state index in [4.69, 9.17) is 16.3 Å². The molecule has 1 nitrogen and oxygen atoms in total. The van der Waals surface area contributed by atoms with Crippen LogP contribution in [0.4, 0.5) is 4.39 Å². The molecule has 2 aromatic rings. The zero-order chi connectivity index (χ0) is 13.8. The van der Waals surface area contributed by atoms with Gasteiger partial charge in [-0.2, -0.15) is 0 Å². The van der Waals surface area contributed by atoms with Gasteiger partial charge in [-0.25, -0.2) is 4.39 Å². The Morgan fingerprint density at radius 2 is 1.84 bits per heavy atom. The van der Waals surface area contributed by atoms with Crippen LogP contribution in [0.1, 0.15) is 18.1 Å². The second-order valence-electron chi connectivity index (χ2n) is 4.05. The van der Waals surface area contributed by atoms with Crippen molar-refractivity contribution in [1.82, 2.24) is 0 Å². The van der Waals surface area contributed by atoms with Gasteiger partial charge in [0.1, 0.15) is 11.6 Å². The summed E-state index contributed by atoms with van der Waals surface area (Å²) in [6.07, 6.45) is 1.97. The molecule has 0 amide bonds. The van der Waals surface area contributed by atoms with Gasteiger partial charge in [0.2, 0.25) is 0 Å². The molecule has 2 aromatic carbocycles. The molecule has 0 radical (unpaired) electrons. The summed E-state index contributed by atoms with van der Waals surface area (Å²) in [5.74, 6) is 0.451. The lowest BCUT2D eigenvalue weighted by Gasteiger charge is -2.13. The molecule has 0 unspecified atom stereocenters. The van der Waals surface area contributed by atoms with Crippen LogP contribution in [-0.4, -0.2) is 7.11 Å². The quantitative estimate of drug-likeness (QED) is 0.771. The van der Waals surface area contributed by atoms with E-state index in [2.05, 4.69) is 0 Å². The van der Waals surface area contributed by atoms with E-state index in [1.165, 1.54) is 12.1 Å². The van der Waals surface area contributed by atoms with Gasteiger partial charge in [-0.15, -0.1) is 0 Å². The molecule has 0 aliphatic heterocycles. The maximum absolute atomic E-state index is 13.0. The Morgan fingerprint density at radius 1 is 1.16 bits per heavy atom. The third-order valence-electron chi connectivity index (χ3n) is 2.90. The molecule has 98 valence electrons. The molecule has 0 atom stereocenters. The van der Waals surface area contributed by atoms with E-state index >= 15 is 0 Å². The van der Waals surface area contributed by atoms with Crippen LogP contribution in [0.25, 0.3) is 5.57 Å². The minimum Gasteiger partial charge on any atom is -0.496 e. The van der Waals surface area contributed by atoms with Crippen LogP contribution in [0, 0.1) is 5.82 Å². The van der Waals surface area contributed by atoms with E-state index < -0.39 is 0 Å². The molecular formula is C16H14ClFO. The van der Waals surface area contributed by atoms with E-state index in [-0.39, 0.29) is 5.82 Å². The van der Waals surface area contributed by atoms with Crippen molar-refractivity contribution in [2.75, 3.05) is 7.11 Å². The highest BCUT2D eigenvalue weighted by molar-refractivity contribution is 6.30. The number of benzene rings is 2. The molecule has 0 aliphatic carbocycles. The van der Waals surface area contributed by atoms with Crippen molar-refractivity contribution in [3.8, 4) is 5.75 Å². The summed E-state index contributed by atoms with van der Waals surface area (Å²) in [5, 5.41) is 0.621. The minimum atomic E-state index is -0.248. The van der Waals surface area contributed by atoms with Gasteiger partial charge in [0, 0.05) is 10.6 Å². The second kappa shape index (κ2) is 5.89. The van der Waals surface area contributed by atoms with Crippen molar-refractivity contribution in [3.63, 3.8) is 0 Å². The maximum Gasteiger partial charge on any atom is 0.128 e. The number of ether oxygens (including phenoxy) is 1. The van der Waals surface area contributed by atoms with Crippen LogP contribution in [0.3, 0.4) is 0 Å². The Labute approximate surface area is 117 Å². The van der Waals surface area contributed by atoms with Gasteiger partial charge in [0.25, 0.3) is 0 Å². The number of rotatable bonds is 3. The monoisotopic (exact) mass is 276 g/mol. The highest BCUT2D eigenvalue weighted by Crippen LogP contribution is 2.33. The van der Waals surface area contributed by atoms with Crippen LogP contribution < -0.4 is 4.74 Å². The van der Waals surface area contributed by atoms with Crippen LogP contribution in [0.15, 0.2) is 48.5 Å². The fraction of sp³-hybridized carbons (Fsp3) is 0.125. The molecule has 19 heavy (non-hydrogen) atoms. The molecule has 0 bridgehead atoms. The molecule has 0 fully saturated rings. The molecule has 0 heterocycles. The summed E-state index contributed by atoms with van der Waals surface area (Å²) in [7, 11) is 1.60. The Hall–Kier alpha value is -1.80. The Bertz CT molecular complexity index is 603. The van der Waals surface area contributed by atoms with Crippen LogP contribution in [0.2, 0.25) is 5.02 Å². The lowest BCUT2D eigenvalue weighted by molar-refractivity contribution is 0.413. The van der Waals surface area contributed by atoms with Gasteiger partial charge in [0.15, 0.2) is 0 Å². The Kier molecular flexibility index (Phi) is 4.23. The molecule has 0 spiro atoms. The summed E-state index contributed by atoms with van der Waals surface area (Å²) >= 11 is 5.96. The van der Waals surface area contributed by atoms with Gasteiger partial charge in [-0.1, -0.05) is 29.8 Å². The summed E-state index contributed by atoms with van der Waals surface area (Å²) in [5.41, 5.74) is 2.85. The predicted octanol–water partition coefficient (Wildman–Crippen LogP) is 4.94. The Morgan fingerprint density at radius 3 is 2.42 bits per heavy atom. The van der Waals surface area contributed by atoms with Gasteiger partial charge in [-0.3, -0.25) is 0 Å². The van der Waals surface area contributed by atoms with Crippen molar-refractivity contribution in [2.45, 2.75) is 6.92 Å². The standard InChI is InChI=1S/C16H14ClFO/c1-3-14(11-4-7-13(18)8-5-11)15-9-6-12(17)10-16(15)19-2/h3-10H,1-2H3/b14-3+. The molecule has 0 aliphatic rings. The van der Waals surface area contributed by atoms with E-state index in [9.17, 15) is 4.39 Å². The van der Waals surface area contributed by atoms with Crippen LogP contribution in [-0.2, 0) is 0 Å². The number of methoxy groups -OCH3 is 1. The summed E-state index contributed by atoms with van der Waals surface area (Å²) in [4.78, 5) is 0. The lowest BCUT2D eigenvalue weighted by atomic mass is 9.97. The fourth-order valence-corrected chi connectivity index (χ4v) is 2.16. The maximum atomic E-state index is 13.0. The van der Waals surface area contributed by atoms with Gasteiger partial charge < -0.3 is 4.74 Å². The van der Waals surface area contributed by atoms with Gasteiger partial charge >= 0.3 is 0 Å². The van der Waals surface area contributed by atoms with E-state index in [1.807, 2.05) is 25.1 Å². The summed E-state index contributed by atoms with van der Waals surface area (Å²) in [6.45, 7) is 1.94. The first-order valence-corrected chi connectivity index (χ1v) is 6.29. The van der Waals surface area contributed by atoms with Crippen molar-refractivity contribution < 1.29 is 9.13 Å². The van der Waals surface area contributed by atoms with Crippen molar-refractivity contribution in [1.29, 1.82) is 0 Å². The predicted molar refractivity (Wildman–Crippen MR) is 77.2 cm³/mol. The SMILES string of the molecule is C/C=C(\c1ccc(F)cc1)c1ccc(Cl)cc1OC. The second-order valence-corrected chi connectivity index (χ2v) is 4.49. The molecule has 0 saturated carbocycles. The Balaban J connectivity index is 2.51. The van der Waals surface area contributed by atoms with E-state index in [1.54, 1.807) is 25.3 Å². The third-order valence-corrected chi connectivity index (χ3v) is 3.13. The first-order chi connectivity index (χ1) is 9.15.